The van der Waals surface area contributed by atoms with E-state index in [0.29, 0.717) is 36.4 Å². The van der Waals surface area contributed by atoms with Crippen molar-refractivity contribution in [3.63, 3.8) is 0 Å². The summed E-state index contributed by atoms with van der Waals surface area (Å²) in [4.78, 5) is 8.75. The number of benzene rings is 2. The summed E-state index contributed by atoms with van der Waals surface area (Å²) in [5.41, 5.74) is 8.98. The van der Waals surface area contributed by atoms with Crippen LogP contribution in [0.25, 0.3) is 11.4 Å². The molecule has 9 heteroatoms. The van der Waals surface area contributed by atoms with Crippen molar-refractivity contribution in [1.82, 2.24) is 20.5 Å². The minimum Gasteiger partial charge on any atom is -0.493 e. The third kappa shape index (κ3) is 6.08. The molecule has 0 atom stereocenters. The second-order valence-electron chi connectivity index (χ2n) is 6.19. The summed E-state index contributed by atoms with van der Waals surface area (Å²) in [6, 6.07) is 13.6. The lowest BCUT2D eigenvalue weighted by Crippen LogP contribution is -2.31. The largest absolute Gasteiger partial charge is 0.493 e. The Morgan fingerprint density at radius 3 is 2.59 bits per heavy atom. The molecule has 2 aromatic carbocycles. The highest BCUT2D eigenvalue weighted by Gasteiger charge is 2.06. The zero-order valence-corrected chi connectivity index (χ0v) is 18.9. The number of aliphatic imine (C=N–C) groups is 1. The molecule has 0 radical (unpaired) electrons. The van der Waals surface area contributed by atoms with Crippen LogP contribution in [0.15, 0.2) is 47.5 Å². The van der Waals surface area contributed by atoms with Crippen molar-refractivity contribution in [3.05, 3.63) is 59.4 Å². The van der Waals surface area contributed by atoms with Gasteiger partial charge in [-0.15, -0.1) is 24.0 Å². The average molecular weight is 508 g/mol. The van der Waals surface area contributed by atoms with E-state index in [1.165, 1.54) is 0 Å². The van der Waals surface area contributed by atoms with Gasteiger partial charge < -0.3 is 20.5 Å². The fraction of sp³-hybridized carbons (Fsp3) is 0.250. The molecule has 0 unspecified atom stereocenters. The quantitative estimate of drug-likeness (QED) is 0.257. The molecule has 8 nitrogen and oxygen atoms in total. The zero-order chi connectivity index (χ0) is 19.9. The standard InChI is InChI=1S/C20H24N6O2.HI/c1-13-24-19(26-25-13)16-6-4-5-14(9-16)11-22-20(21)23-12-15-7-8-17(27-2)18(10-15)28-3;/h4-10H,11-12H2,1-3H3,(H3,21,22,23)(H,24,25,26);1H. The number of aromatic amines is 1. The highest BCUT2D eigenvalue weighted by atomic mass is 127. The monoisotopic (exact) mass is 508 g/mol. The van der Waals surface area contributed by atoms with Crippen LogP contribution in [0.1, 0.15) is 17.0 Å². The summed E-state index contributed by atoms with van der Waals surface area (Å²) >= 11 is 0. The number of nitrogens with two attached hydrogens (primary N) is 1. The minimum absolute atomic E-state index is 0. The van der Waals surface area contributed by atoms with Crippen molar-refractivity contribution in [1.29, 1.82) is 0 Å². The Bertz CT molecular complexity index is 973. The third-order valence-corrected chi connectivity index (χ3v) is 4.14. The van der Waals surface area contributed by atoms with Crippen molar-refractivity contribution >= 4 is 29.9 Å². The number of hydrogen-bond donors (Lipinski definition) is 3. The normalized spacial score (nSPS) is 10.9. The molecule has 0 aliphatic heterocycles. The van der Waals surface area contributed by atoms with Crippen LogP contribution in [-0.4, -0.2) is 35.4 Å². The highest BCUT2D eigenvalue weighted by molar-refractivity contribution is 14.0. The fourth-order valence-corrected chi connectivity index (χ4v) is 2.70. The van der Waals surface area contributed by atoms with E-state index in [9.17, 15) is 0 Å². The molecule has 29 heavy (non-hydrogen) atoms. The number of aryl methyl sites for hydroxylation is 1. The second kappa shape index (κ2) is 10.6. The first-order valence-corrected chi connectivity index (χ1v) is 8.82. The van der Waals surface area contributed by atoms with Crippen molar-refractivity contribution in [2.75, 3.05) is 14.2 Å². The van der Waals surface area contributed by atoms with Crippen LogP contribution in [0.2, 0.25) is 0 Å². The summed E-state index contributed by atoms with van der Waals surface area (Å²) in [6.07, 6.45) is 0. The Balaban J connectivity index is 0.00000300. The average Bonchev–Trinajstić information content (AvgIpc) is 3.17. The molecule has 0 saturated heterocycles. The maximum atomic E-state index is 6.00. The van der Waals surface area contributed by atoms with Crippen LogP contribution in [-0.2, 0) is 13.1 Å². The number of nitrogens with one attached hydrogen (secondary N) is 2. The van der Waals surface area contributed by atoms with Gasteiger partial charge in [0.25, 0.3) is 0 Å². The van der Waals surface area contributed by atoms with Gasteiger partial charge in [-0.25, -0.2) is 9.98 Å². The molecule has 0 bridgehead atoms. The van der Waals surface area contributed by atoms with Gasteiger partial charge in [-0.1, -0.05) is 24.3 Å². The van der Waals surface area contributed by atoms with Crippen LogP contribution in [0.3, 0.4) is 0 Å². The van der Waals surface area contributed by atoms with Crippen LogP contribution >= 0.6 is 24.0 Å². The molecule has 1 aromatic heterocycles. The van der Waals surface area contributed by atoms with E-state index in [1.54, 1.807) is 14.2 Å². The molecule has 3 rings (SSSR count). The summed E-state index contributed by atoms with van der Waals surface area (Å²) in [7, 11) is 3.22. The number of guanidine groups is 1. The van der Waals surface area contributed by atoms with Crippen LogP contribution in [0, 0.1) is 6.92 Å². The summed E-state index contributed by atoms with van der Waals surface area (Å²) in [5, 5.41) is 10.1. The lowest BCUT2D eigenvalue weighted by molar-refractivity contribution is 0.354. The predicted octanol–water partition coefficient (Wildman–Crippen LogP) is 3.02. The van der Waals surface area contributed by atoms with Crippen molar-refractivity contribution in [2.45, 2.75) is 20.0 Å². The van der Waals surface area contributed by atoms with E-state index in [1.807, 2.05) is 49.4 Å². The smallest absolute Gasteiger partial charge is 0.189 e. The number of halogens is 1. The number of ether oxygens (including phenoxy) is 2. The first kappa shape index (κ1) is 22.5. The molecule has 4 N–H and O–H groups in total. The van der Waals surface area contributed by atoms with Gasteiger partial charge in [0, 0.05) is 12.1 Å². The second-order valence-corrected chi connectivity index (χ2v) is 6.19. The lowest BCUT2D eigenvalue weighted by atomic mass is 10.1. The number of nitrogens with zero attached hydrogens (tertiary/aromatic N) is 3. The Labute approximate surface area is 187 Å². The summed E-state index contributed by atoms with van der Waals surface area (Å²) in [5.74, 6) is 3.18. The molecule has 0 aliphatic carbocycles. The summed E-state index contributed by atoms with van der Waals surface area (Å²) in [6.45, 7) is 2.86. The number of hydrogen-bond acceptors (Lipinski definition) is 5. The third-order valence-electron chi connectivity index (χ3n) is 4.14. The Kier molecular flexibility index (Phi) is 8.25. The van der Waals surface area contributed by atoms with Crippen LogP contribution < -0.4 is 20.5 Å². The number of rotatable bonds is 7. The topological polar surface area (TPSA) is 110 Å². The molecule has 0 spiro atoms. The van der Waals surface area contributed by atoms with Gasteiger partial charge in [-0.2, -0.15) is 5.10 Å². The summed E-state index contributed by atoms with van der Waals surface area (Å²) < 4.78 is 10.6. The van der Waals surface area contributed by atoms with E-state index in [-0.39, 0.29) is 24.0 Å². The van der Waals surface area contributed by atoms with E-state index in [4.69, 9.17) is 15.2 Å². The molecular weight excluding hydrogens is 483 g/mol. The van der Waals surface area contributed by atoms with Crippen LogP contribution in [0.4, 0.5) is 0 Å². The van der Waals surface area contributed by atoms with Gasteiger partial charge >= 0.3 is 0 Å². The maximum Gasteiger partial charge on any atom is 0.189 e. The number of methoxy groups -OCH3 is 2. The Morgan fingerprint density at radius 2 is 1.90 bits per heavy atom. The number of aromatic nitrogens is 3. The molecular formula is C20H25IN6O2. The van der Waals surface area contributed by atoms with Crippen molar-refractivity contribution < 1.29 is 9.47 Å². The predicted molar refractivity (Wildman–Crippen MR) is 124 cm³/mol. The van der Waals surface area contributed by atoms with Gasteiger partial charge in [0.05, 0.1) is 20.8 Å². The lowest BCUT2D eigenvalue weighted by Gasteiger charge is -2.10. The first-order valence-electron chi connectivity index (χ1n) is 8.82. The van der Waals surface area contributed by atoms with Gasteiger partial charge in [-0.05, 0) is 36.2 Å². The van der Waals surface area contributed by atoms with Gasteiger partial charge in [0.15, 0.2) is 23.3 Å². The first-order chi connectivity index (χ1) is 13.6. The SMILES string of the molecule is COc1ccc(CNC(N)=NCc2cccc(-c3n[nH]c(C)n3)c2)cc1OC.I. The Morgan fingerprint density at radius 1 is 1.10 bits per heavy atom. The van der Waals surface area contributed by atoms with E-state index in [2.05, 4.69) is 25.5 Å². The molecule has 154 valence electrons. The van der Waals surface area contributed by atoms with Crippen molar-refractivity contribution in [2.24, 2.45) is 10.7 Å². The molecule has 0 fully saturated rings. The van der Waals surface area contributed by atoms with Crippen molar-refractivity contribution in [3.8, 4) is 22.9 Å². The van der Waals surface area contributed by atoms with Gasteiger partial charge in [0.1, 0.15) is 5.82 Å². The number of H-pyrrole nitrogens is 1. The van der Waals surface area contributed by atoms with E-state index < -0.39 is 0 Å². The van der Waals surface area contributed by atoms with Crippen LogP contribution in [0.5, 0.6) is 11.5 Å². The molecule has 0 amide bonds. The van der Waals surface area contributed by atoms with Gasteiger partial charge in [0.2, 0.25) is 0 Å². The van der Waals surface area contributed by atoms with E-state index >= 15 is 0 Å². The molecule has 1 heterocycles. The maximum absolute atomic E-state index is 6.00. The minimum atomic E-state index is 0. The molecule has 0 aliphatic rings. The molecule has 3 aromatic rings. The fourth-order valence-electron chi connectivity index (χ4n) is 2.70. The zero-order valence-electron chi connectivity index (χ0n) is 16.6. The molecule has 0 saturated carbocycles. The van der Waals surface area contributed by atoms with E-state index in [0.717, 1.165) is 22.5 Å². The Hall–Kier alpha value is -2.82. The van der Waals surface area contributed by atoms with Gasteiger partial charge in [-0.3, -0.25) is 5.10 Å². The highest BCUT2D eigenvalue weighted by Crippen LogP contribution is 2.27.